The van der Waals surface area contributed by atoms with E-state index in [0.29, 0.717) is 42.6 Å². The van der Waals surface area contributed by atoms with Crippen molar-refractivity contribution >= 4 is 35.0 Å². The van der Waals surface area contributed by atoms with Crippen molar-refractivity contribution in [1.82, 2.24) is 19.6 Å². The van der Waals surface area contributed by atoms with Crippen LogP contribution >= 0.6 is 23.2 Å². The molecule has 4 rings (SSSR count). The largest absolute Gasteiger partial charge is 0.335 e. The Balaban J connectivity index is 1.41. The predicted octanol–water partition coefficient (Wildman–Crippen LogP) is 3.92. The van der Waals surface area contributed by atoms with Crippen molar-refractivity contribution in [3.05, 3.63) is 81.8 Å². The molecule has 1 saturated heterocycles. The molecule has 154 valence electrons. The van der Waals surface area contributed by atoms with Crippen molar-refractivity contribution < 1.29 is 14.0 Å². The standard InChI is InChI=1S/C21H17Cl2FN4O2/c22-16-3-1-2-4-19(16)28-8-7-18(25-28)21(30)27-11-9-26(10-12-27)20(29)15-6-5-14(24)13-17(15)23/h1-8,13H,9-12H2. The summed E-state index contributed by atoms with van der Waals surface area (Å²) in [4.78, 5) is 28.7. The molecule has 0 radical (unpaired) electrons. The molecule has 0 bridgehead atoms. The van der Waals surface area contributed by atoms with Gasteiger partial charge in [-0.25, -0.2) is 9.07 Å². The van der Waals surface area contributed by atoms with E-state index >= 15 is 0 Å². The number of carbonyl (C=O) groups excluding carboxylic acids is 2. The second kappa shape index (κ2) is 8.45. The van der Waals surface area contributed by atoms with Crippen LogP contribution in [0.1, 0.15) is 20.8 Å². The minimum atomic E-state index is -0.497. The van der Waals surface area contributed by atoms with E-state index in [1.165, 1.54) is 12.1 Å². The predicted molar refractivity (Wildman–Crippen MR) is 112 cm³/mol. The smallest absolute Gasteiger partial charge is 0.274 e. The van der Waals surface area contributed by atoms with Gasteiger partial charge in [0, 0.05) is 32.4 Å². The van der Waals surface area contributed by atoms with Gasteiger partial charge in [0.05, 0.1) is 21.3 Å². The van der Waals surface area contributed by atoms with Crippen LogP contribution in [0, 0.1) is 5.82 Å². The number of aromatic nitrogens is 2. The summed E-state index contributed by atoms with van der Waals surface area (Å²) in [5.74, 6) is -0.994. The Hall–Kier alpha value is -2.90. The van der Waals surface area contributed by atoms with E-state index in [9.17, 15) is 14.0 Å². The number of hydrogen-bond acceptors (Lipinski definition) is 3. The van der Waals surface area contributed by atoms with E-state index in [-0.39, 0.29) is 22.4 Å². The van der Waals surface area contributed by atoms with Gasteiger partial charge in [-0.1, -0.05) is 35.3 Å². The molecule has 1 aromatic heterocycles. The molecule has 0 saturated carbocycles. The van der Waals surface area contributed by atoms with Crippen LogP contribution in [0.4, 0.5) is 4.39 Å². The summed E-state index contributed by atoms with van der Waals surface area (Å²) >= 11 is 12.2. The fourth-order valence-electron chi connectivity index (χ4n) is 3.32. The Labute approximate surface area is 182 Å². The maximum atomic E-state index is 13.2. The maximum absolute atomic E-state index is 13.2. The minimum Gasteiger partial charge on any atom is -0.335 e. The van der Waals surface area contributed by atoms with Gasteiger partial charge < -0.3 is 9.80 Å². The fourth-order valence-corrected chi connectivity index (χ4v) is 3.79. The quantitative estimate of drug-likeness (QED) is 0.612. The van der Waals surface area contributed by atoms with Crippen molar-refractivity contribution in [3.8, 4) is 5.69 Å². The number of carbonyl (C=O) groups is 2. The second-order valence-electron chi connectivity index (χ2n) is 6.81. The van der Waals surface area contributed by atoms with Crippen LogP contribution in [0.2, 0.25) is 10.0 Å². The van der Waals surface area contributed by atoms with E-state index < -0.39 is 5.82 Å². The number of amides is 2. The molecule has 6 nitrogen and oxygen atoms in total. The maximum Gasteiger partial charge on any atom is 0.274 e. The average molecular weight is 447 g/mol. The van der Waals surface area contributed by atoms with Crippen molar-refractivity contribution in [3.63, 3.8) is 0 Å². The molecule has 0 aliphatic carbocycles. The van der Waals surface area contributed by atoms with Gasteiger partial charge in [0.15, 0.2) is 5.69 Å². The zero-order valence-corrected chi connectivity index (χ0v) is 17.3. The monoisotopic (exact) mass is 446 g/mol. The number of nitrogens with zero attached hydrogens (tertiary/aromatic N) is 4. The van der Waals surface area contributed by atoms with Gasteiger partial charge in [-0.15, -0.1) is 0 Å². The van der Waals surface area contributed by atoms with Gasteiger partial charge in [0.25, 0.3) is 11.8 Å². The van der Waals surface area contributed by atoms with Crippen LogP contribution in [0.25, 0.3) is 5.69 Å². The topological polar surface area (TPSA) is 58.4 Å². The molecule has 0 N–H and O–H groups in total. The number of halogens is 3. The van der Waals surface area contributed by atoms with Crippen molar-refractivity contribution in [2.24, 2.45) is 0 Å². The number of piperazine rings is 1. The van der Waals surface area contributed by atoms with E-state index in [1.807, 2.05) is 18.2 Å². The number of hydrogen-bond donors (Lipinski definition) is 0. The lowest BCUT2D eigenvalue weighted by molar-refractivity contribution is 0.0532. The van der Waals surface area contributed by atoms with Crippen LogP contribution in [0.15, 0.2) is 54.7 Å². The summed E-state index contributed by atoms with van der Waals surface area (Å²) in [6, 6.07) is 12.6. The highest BCUT2D eigenvalue weighted by Gasteiger charge is 2.27. The van der Waals surface area contributed by atoms with Crippen LogP contribution in [0.3, 0.4) is 0 Å². The third kappa shape index (κ3) is 4.04. The van der Waals surface area contributed by atoms with Gasteiger partial charge in [0.1, 0.15) is 5.82 Å². The number of para-hydroxylation sites is 1. The summed E-state index contributed by atoms with van der Waals surface area (Å²) in [5.41, 5.74) is 1.23. The van der Waals surface area contributed by atoms with E-state index in [1.54, 1.807) is 32.8 Å². The molecule has 30 heavy (non-hydrogen) atoms. The second-order valence-corrected chi connectivity index (χ2v) is 7.62. The lowest BCUT2D eigenvalue weighted by atomic mass is 10.1. The van der Waals surface area contributed by atoms with Crippen molar-refractivity contribution in [1.29, 1.82) is 0 Å². The van der Waals surface area contributed by atoms with Crippen LogP contribution in [0.5, 0.6) is 0 Å². The Morgan fingerprint density at radius 3 is 2.20 bits per heavy atom. The molecule has 1 aliphatic heterocycles. The molecule has 2 heterocycles. The normalized spacial score (nSPS) is 14.1. The zero-order chi connectivity index (χ0) is 21.3. The molecule has 0 spiro atoms. The Morgan fingerprint density at radius 1 is 0.867 bits per heavy atom. The Bertz CT molecular complexity index is 1110. The van der Waals surface area contributed by atoms with E-state index in [0.717, 1.165) is 6.07 Å². The molecule has 9 heteroatoms. The number of rotatable bonds is 3. The first kappa shape index (κ1) is 20.4. The van der Waals surface area contributed by atoms with Crippen molar-refractivity contribution in [2.75, 3.05) is 26.2 Å². The van der Waals surface area contributed by atoms with E-state index in [2.05, 4.69) is 5.10 Å². The van der Waals surface area contributed by atoms with Gasteiger partial charge in [0.2, 0.25) is 0 Å². The highest BCUT2D eigenvalue weighted by Crippen LogP contribution is 2.21. The zero-order valence-electron chi connectivity index (χ0n) is 15.8. The van der Waals surface area contributed by atoms with Crippen LogP contribution in [-0.2, 0) is 0 Å². The molecule has 1 fully saturated rings. The third-order valence-corrected chi connectivity index (χ3v) is 5.56. The van der Waals surface area contributed by atoms with Gasteiger partial charge in [-0.05, 0) is 36.4 Å². The highest BCUT2D eigenvalue weighted by atomic mass is 35.5. The molecule has 2 amide bonds. The third-order valence-electron chi connectivity index (χ3n) is 4.92. The lowest BCUT2D eigenvalue weighted by Crippen LogP contribution is -2.50. The van der Waals surface area contributed by atoms with Gasteiger partial charge in [-0.2, -0.15) is 5.10 Å². The summed E-state index contributed by atoms with van der Waals surface area (Å²) in [6.45, 7) is 1.43. The van der Waals surface area contributed by atoms with Gasteiger partial charge >= 0.3 is 0 Å². The summed E-state index contributed by atoms with van der Waals surface area (Å²) in [6.07, 6.45) is 1.69. The first-order valence-electron chi connectivity index (χ1n) is 9.28. The molecule has 1 aliphatic rings. The van der Waals surface area contributed by atoms with Crippen molar-refractivity contribution in [2.45, 2.75) is 0 Å². The number of benzene rings is 2. The molecular formula is C21H17Cl2FN4O2. The lowest BCUT2D eigenvalue weighted by Gasteiger charge is -2.34. The van der Waals surface area contributed by atoms with Gasteiger partial charge in [-0.3, -0.25) is 9.59 Å². The molecule has 0 unspecified atom stereocenters. The first-order valence-corrected chi connectivity index (χ1v) is 10.0. The average Bonchev–Trinajstić information content (AvgIpc) is 3.23. The molecular weight excluding hydrogens is 430 g/mol. The summed E-state index contributed by atoms with van der Waals surface area (Å²) in [7, 11) is 0. The molecule has 2 aromatic carbocycles. The SMILES string of the molecule is O=C(c1ccn(-c2ccccc2Cl)n1)N1CCN(C(=O)c2ccc(F)cc2Cl)CC1. The fraction of sp³-hybridized carbons (Fsp3) is 0.190. The van der Waals surface area contributed by atoms with Crippen LogP contribution in [-0.4, -0.2) is 57.6 Å². The Kier molecular flexibility index (Phi) is 5.74. The summed E-state index contributed by atoms with van der Waals surface area (Å²) in [5, 5.41) is 4.95. The molecule has 0 atom stereocenters. The Morgan fingerprint density at radius 2 is 1.53 bits per heavy atom. The molecule has 3 aromatic rings. The summed E-state index contributed by atoms with van der Waals surface area (Å²) < 4.78 is 14.8. The highest BCUT2D eigenvalue weighted by molar-refractivity contribution is 6.33. The minimum absolute atomic E-state index is 0.0728. The van der Waals surface area contributed by atoms with Crippen LogP contribution < -0.4 is 0 Å². The van der Waals surface area contributed by atoms with E-state index in [4.69, 9.17) is 23.2 Å². The first-order chi connectivity index (χ1) is 14.4.